The topological polar surface area (TPSA) is 105 Å². The summed E-state index contributed by atoms with van der Waals surface area (Å²) in [7, 11) is -2.07. The molecule has 1 aliphatic rings. The summed E-state index contributed by atoms with van der Waals surface area (Å²) in [4.78, 5) is 0.122. The van der Waals surface area contributed by atoms with Crippen molar-refractivity contribution in [3.63, 3.8) is 0 Å². The van der Waals surface area contributed by atoms with Gasteiger partial charge in [-0.15, -0.1) is 0 Å². The Kier molecular flexibility index (Phi) is 6.04. The van der Waals surface area contributed by atoms with Crippen molar-refractivity contribution in [1.82, 2.24) is 5.32 Å². The summed E-state index contributed by atoms with van der Waals surface area (Å²) in [6.45, 7) is 0.562. The Morgan fingerprint density at radius 2 is 1.93 bits per heavy atom. The molecule has 2 aromatic rings. The van der Waals surface area contributed by atoms with Crippen molar-refractivity contribution in [3.05, 3.63) is 59.7 Å². The predicted octanol–water partition coefficient (Wildman–Crippen LogP) is 2.84. The molecule has 0 radical (unpaired) electrons. The Morgan fingerprint density at radius 3 is 2.57 bits per heavy atom. The average molecular weight is 400 g/mol. The fraction of sp³-hybridized carbons (Fsp3) is 0.381. The van der Waals surface area contributed by atoms with E-state index in [1.165, 1.54) is 6.07 Å². The van der Waals surface area contributed by atoms with Gasteiger partial charge in [-0.3, -0.25) is 0 Å². The highest BCUT2D eigenvalue weighted by Gasteiger charge is 2.37. The summed E-state index contributed by atoms with van der Waals surface area (Å²) in [6.07, 6.45) is 3.29. The Balaban J connectivity index is 1.63. The second kappa shape index (κ2) is 8.31. The Morgan fingerprint density at radius 1 is 1.21 bits per heavy atom. The molecule has 0 saturated heterocycles. The smallest absolute Gasteiger partial charge is 0.238 e. The zero-order chi connectivity index (χ0) is 20.2. The number of primary sulfonamides is 1. The van der Waals surface area contributed by atoms with E-state index in [4.69, 9.17) is 9.88 Å². The molecule has 1 saturated carbocycles. The van der Waals surface area contributed by atoms with Crippen LogP contribution in [0.2, 0.25) is 0 Å². The van der Waals surface area contributed by atoms with Crippen LogP contribution in [-0.2, 0) is 22.0 Å². The van der Waals surface area contributed by atoms with E-state index in [1.54, 1.807) is 19.2 Å². The molecule has 3 rings (SSSR count). The third kappa shape index (κ3) is 4.53. The highest BCUT2D eigenvalue weighted by Crippen LogP contribution is 2.40. The van der Waals surface area contributed by atoms with Gasteiger partial charge in [-0.2, -0.15) is 5.26 Å². The molecule has 148 valence electrons. The molecular formula is C21H25N3O3S. The third-order valence-corrected chi connectivity index (χ3v) is 6.41. The number of ether oxygens (including phenoxy) is 1. The first kappa shape index (κ1) is 20.3. The summed E-state index contributed by atoms with van der Waals surface area (Å²) in [6, 6.07) is 17.3. The molecular weight excluding hydrogens is 374 g/mol. The Hall–Kier alpha value is -2.40. The summed E-state index contributed by atoms with van der Waals surface area (Å²) in [5.74, 6) is 0.766. The first-order valence-corrected chi connectivity index (χ1v) is 10.8. The number of nitrogens with zero attached hydrogens (tertiary/aromatic N) is 1. The standard InChI is InChI=1S/C21H25N3O3S/c1-27-19-6-3-5-17(13-19)21(15-22)10-8-18(9-11-21)24-14-16-4-2-7-20(12-16)28(23,25)26/h2-7,12-13,18,24H,8-11,14H2,1H3,(H2,23,25,26)/t18-,21-. The normalized spacial score (nSPS) is 22.4. The van der Waals surface area contributed by atoms with Crippen molar-refractivity contribution in [3.8, 4) is 11.8 Å². The molecule has 1 fully saturated rings. The molecule has 3 N–H and O–H groups in total. The second-order valence-corrected chi connectivity index (χ2v) is 8.83. The molecule has 2 aromatic carbocycles. The summed E-state index contributed by atoms with van der Waals surface area (Å²) in [5.41, 5.74) is 1.39. The fourth-order valence-electron chi connectivity index (χ4n) is 3.80. The number of nitrogens with one attached hydrogen (secondary N) is 1. The highest BCUT2D eigenvalue weighted by molar-refractivity contribution is 7.89. The zero-order valence-corrected chi connectivity index (χ0v) is 16.7. The van der Waals surface area contributed by atoms with Crippen LogP contribution in [0.1, 0.15) is 36.8 Å². The van der Waals surface area contributed by atoms with Gasteiger partial charge in [-0.05, 0) is 61.1 Å². The SMILES string of the molecule is COc1cccc([C@]2(C#N)CC[C@@H](NCc3cccc(S(N)(=O)=O)c3)CC2)c1. The van der Waals surface area contributed by atoms with Crippen LogP contribution in [0.15, 0.2) is 53.4 Å². The monoisotopic (exact) mass is 399 g/mol. The summed E-state index contributed by atoms with van der Waals surface area (Å²) < 4.78 is 28.3. The molecule has 0 amide bonds. The van der Waals surface area contributed by atoms with Crippen molar-refractivity contribution in [2.45, 2.75) is 48.6 Å². The molecule has 0 spiro atoms. The number of benzene rings is 2. The first-order valence-electron chi connectivity index (χ1n) is 9.27. The first-order chi connectivity index (χ1) is 13.4. The maximum absolute atomic E-state index is 11.5. The molecule has 7 heteroatoms. The van der Waals surface area contributed by atoms with Gasteiger partial charge in [0.1, 0.15) is 5.75 Å². The third-order valence-electron chi connectivity index (χ3n) is 5.50. The molecule has 28 heavy (non-hydrogen) atoms. The van der Waals surface area contributed by atoms with E-state index in [0.29, 0.717) is 6.54 Å². The van der Waals surface area contributed by atoms with Crippen LogP contribution in [-0.4, -0.2) is 21.6 Å². The van der Waals surface area contributed by atoms with Gasteiger partial charge >= 0.3 is 0 Å². The van der Waals surface area contributed by atoms with E-state index in [9.17, 15) is 13.7 Å². The van der Waals surface area contributed by atoms with Gasteiger partial charge in [0.25, 0.3) is 0 Å². The number of methoxy groups -OCH3 is 1. The van der Waals surface area contributed by atoms with Crippen LogP contribution in [0.25, 0.3) is 0 Å². The van der Waals surface area contributed by atoms with E-state index in [0.717, 1.165) is 42.6 Å². The van der Waals surface area contributed by atoms with Crippen LogP contribution >= 0.6 is 0 Å². The quantitative estimate of drug-likeness (QED) is 0.777. The van der Waals surface area contributed by atoms with Gasteiger partial charge in [0, 0.05) is 12.6 Å². The second-order valence-electron chi connectivity index (χ2n) is 7.27. The lowest BCUT2D eigenvalue weighted by molar-refractivity contribution is 0.294. The lowest BCUT2D eigenvalue weighted by Gasteiger charge is -2.36. The van der Waals surface area contributed by atoms with Gasteiger partial charge in [-0.1, -0.05) is 24.3 Å². The molecule has 0 heterocycles. The Labute approximate surface area is 166 Å². The highest BCUT2D eigenvalue weighted by atomic mass is 32.2. The molecule has 0 aromatic heterocycles. The van der Waals surface area contributed by atoms with E-state index in [-0.39, 0.29) is 10.9 Å². The van der Waals surface area contributed by atoms with E-state index >= 15 is 0 Å². The van der Waals surface area contributed by atoms with Crippen molar-refractivity contribution >= 4 is 10.0 Å². The minimum atomic E-state index is -3.70. The van der Waals surface area contributed by atoms with Crippen molar-refractivity contribution in [2.24, 2.45) is 5.14 Å². The zero-order valence-electron chi connectivity index (χ0n) is 15.9. The number of nitriles is 1. The van der Waals surface area contributed by atoms with Gasteiger partial charge in [0.15, 0.2) is 0 Å². The molecule has 0 atom stereocenters. The number of hydrogen-bond acceptors (Lipinski definition) is 5. The average Bonchev–Trinajstić information content (AvgIpc) is 2.72. The maximum atomic E-state index is 11.5. The molecule has 0 unspecified atom stereocenters. The molecule has 0 bridgehead atoms. The van der Waals surface area contributed by atoms with Gasteiger partial charge in [-0.25, -0.2) is 13.6 Å². The number of rotatable bonds is 6. The number of hydrogen-bond donors (Lipinski definition) is 2. The van der Waals surface area contributed by atoms with Crippen LogP contribution in [0.5, 0.6) is 5.75 Å². The molecule has 0 aliphatic heterocycles. The summed E-state index contributed by atoms with van der Waals surface area (Å²) >= 11 is 0. The van der Waals surface area contributed by atoms with Crippen LogP contribution in [0.3, 0.4) is 0 Å². The minimum absolute atomic E-state index is 0.122. The number of sulfonamides is 1. The maximum Gasteiger partial charge on any atom is 0.238 e. The Bertz CT molecular complexity index is 974. The molecule has 6 nitrogen and oxygen atoms in total. The lowest BCUT2D eigenvalue weighted by Crippen LogP contribution is -2.39. The van der Waals surface area contributed by atoms with Crippen molar-refractivity contribution < 1.29 is 13.2 Å². The van der Waals surface area contributed by atoms with Crippen molar-refractivity contribution in [2.75, 3.05) is 7.11 Å². The van der Waals surface area contributed by atoms with E-state index in [2.05, 4.69) is 11.4 Å². The van der Waals surface area contributed by atoms with Gasteiger partial charge < -0.3 is 10.1 Å². The lowest BCUT2D eigenvalue weighted by atomic mass is 9.69. The predicted molar refractivity (Wildman–Crippen MR) is 107 cm³/mol. The fourth-order valence-corrected chi connectivity index (χ4v) is 4.38. The van der Waals surface area contributed by atoms with Crippen LogP contribution in [0, 0.1) is 11.3 Å². The largest absolute Gasteiger partial charge is 0.497 e. The van der Waals surface area contributed by atoms with Crippen molar-refractivity contribution in [1.29, 1.82) is 5.26 Å². The summed E-state index contributed by atoms with van der Waals surface area (Å²) in [5, 5.41) is 18.6. The molecule has 1 aliphatic carbocycles. The van der Waals surface area contributed by atoms with Gasteiger partial charge in [0.05, 0.1) is 23.5 Å². The van der Waals surface area contributed by atoms with Gasteiger partial charge in [0.2, 0.25) is 10.0 Å². The van der Waals surface area contributed by atoms with E-state index < -0.39 is 15.4 Å². The van der Waals surface area contributed by atoms with E-state index in [1.807, 2.05) is 30.3 Å². The van der Waals surface area contributed by atoms with Crippen LogP contribution in [0.4, 0.5) is 0 Å². The number of nitrogens with two attached hydrogens (primary N) is 1. The van der Waals surface area contributed by atoms with Crippen LogP contribution < -0.4 is 15.2 Å². The minimum Gasteiger partial charge on any atom is -0.497 e.